The van der Waals surface area contributed by atoms with Gasteiger partial charge in [-0.1, -0.05) is 37.0 Å². The van der Waals surface area contributed by atoms with Gasteiger partial charge in [-0.2, -0.15) is 0 Å². The van der Waals surface area contributed by atoms with E-state index >= 15 is 0 Å². The molecule has 0 saturated heterocycles. The lowest BCUT2D eigenvalue weighted by molar-refractivity contribution is 0.0635. The van der Waals surface area contributed by atoms with Crippen LogP contribution in [0, 0.1) is 5.41 Å². The molecule has 0 atom stereocenters. The molecule has 0 heterocycles. The molecule has 2 rings (SSSR count). The van der Waals surface area contributed by atoms with Crippen molar-refractivity contribution in [2.75, 3.05) is 12.8 Å². The predicted octanol–water partition coefficient (Wildman–Crippen LogP) is 4.62. The third kappa shape index (κ3) is 3.64. The van der Waals surface area contributed by atoms with Crippen LogP contribution in [0.5, 0.6) is 0 Å². The van der Waals surface area contributed by atoms with Crippen molar-refractivity contribution < 1.29 is 4.79 Å². The average Bonchev–Trinajstić information content (AvgIpc) is 2.42. The van der Waals surface area contributed by atoms with Crippen molar-refractivity contribution in [3.05, 3.63) is 27.7 Å². The molecule has 5 heteroatoms. The van der Waals surface area contributed by atoms with Gasteiger partial charge in [0.2, 0.25) is 0 Å². The summed E-state index contributed by atoms with van der Waals surface area (Å²) in [4.78, 5) is 14.4. The molecule has 1 fully saturated rings. The molecule has 1 saturated carbocycles. The largest absolute Gasteiger partial charge is 0.396 e. The van der Waals surface area contributed by atoms with Gasteiger partial charge in [-0.3, -0.25) is 4.79 Å². The molecule has 0 aromatic heterocycles. The van der Waals surface area contributed by atoms with E-state index in [4.69, 9.17) is 28.9 Å². The van der Waals surface area contributed by atoms with Crippen molar-refractivity contribution in [3.63, 3.8) is 0 Å². The van der Waals surface area contributed by atoms with E-state index < -0.39 is 0 Å². The lowest BCUT2D eigenvalue weighted by atomic mass is 9.75. The number of hydrogen-bond donors (Lipinski definition) is 1. The van der Waals surface area contributed by atoms with Crippen molar-refractivity contribution in [2.24, 2.45) is 5.41 Å². The summed E-state index contributed by atoms with van der Waals surface area (Å²) >= 11 is 12.0. The van der Waals surface area contributed by atoms with Crippen LogP contribution in [-0.4, -0.2) is 23.9 Å². The Morgan fingerprint density at radius 1 is 1.24 bits per heavy atom. The van der Waals surface area contributed by atoms with E-state index in [0.717, 1.165) is 25.7 Å². The molecule has 1 aliphatic rings. The Labute approximate surface area is 136 Å². The highest BCUT2D eigenvalue weighted by Crippen LogP contribution is 2.37. The first-order chi connectivity index (χ1) is 9.71. The summed E-state index contributed by atoms with van der Waals surface area (Å²) < 4.78 is 0. The molecule has 0 spiro atoms. The Kier molecular flexibility index (Phi) is 4.74. The number of carbonyl (C=O) groups is 1. The van der Waals surface area contributed by atoms with Gasteiger partial charge in [0.15, 0.2) is 0 Å². The number of nitrogen functional groups attached to an aromatic ring is 1. The van der Waals surface area contributed by atoms with Crippen LogP contribution < -0.4 is 5.73 Å². The molecule has 1 amide bonds. The smallest absolute Gasteiger partial charge is 0.253 e. The molecule has 3 nitrogen and oxygen atoms in total. The molecule has 0 bridgehead atoms. The number of benzene rings is 1. The normalized spacial score (nSPS) is 18.5. The Balaban J connectivity index is 2.13. The van der Waals surface area contributed by atoms with Gasteiger partial charge in [0.25, 0.3) is 5.91 Å². The Bertz CT molecular complexity index is 524. The molecule has 116 valence electrons. The van der Waals surface area contributed by atoms with Crippen LogP contribution in [0.25, 0.3) is 0 Å². The van der Waals surface area contributed by atoms with Crippen LogP contribution in [0.15, 0.2) is 12.1 Å². The second-order valence-electron chi connectivity index (χ2n) is 6.67. The van der Waals surface area contributed by atoms with Crippen molar-refractivity contribution in [1.82, 2.24) is 4.90 Å². The van der Waals surface area contributed by atoms with E-state index in [2.05, 4.69) is 13.8 Å². The zero-order chi connectivity index (χ0) is 15.8. The third-order valence-electron chi connectivity index (χ3n) is 4.50. The topological polar surface area (TPSA) is 46.3 Å². The first-order valence-corrected chi connectivity index (χ1v) is 7.98. The predicted molar refractivity (Wildman–Crippen MR) is 89.0 cm³/mol. The average molecular weight is 329 g/mol. The van der Waals surface area contributed by atoms with Gasteiger partial charge >= 0.3 is 0 Å². The molecule has 0 unspecified atom stereocenters. The maximum Gasteiger partial charge on any atom is 0.253 e. The minimum atomic E-state index is -0.0523. The second-order valence-corrected chi connectivity index (χ2v) is 7.48. The Hall–Kier alpha value is -0.930. The van der Waals surface area contributed by atoms with Gasteiger partial charge < -0.3 is 10.6 Å². The van der Waals surface area contributed by atoms with Crippen molar-refractivity contribution in [2.45, 2.75) is 45.6 Å². The van der Waals surface area contributed by atoms with Crippen LogP contribution in [0.1, 0.15) is 49.9 Å². The van der Waals surface area contributed by atoms with E-state index in [1.54, 1.807) is 12.1 Å². The van der Waals surface area contributed by atoms with E-state index in [1.807, 2.05) is 11.9 Å². The molecule has 2 N–H and O–H groups in total. The molecule has 1 aromatic carbocycles. The molecule has 1 aliphatic carbocycles. The summed E-state index contributed by atoms with van der Waals surface area (Å²) in [5.74, 6) is -0.0523. The van der Waals surface area contributed by atoms with Crippen molar-refractivity contribution in [3.8, 4) is 0 Å². The Morgan fingerprint density at radius 2 is 1.71 bits per heavy atom. The summed E-state index contributed by atoms with van der Waals surface area (Å²) in [6.07, 6.45) is 4.34. The van der Waals surface area contributed by atoms with E-state index in [1.165, 1.54) is 0 Å². The standard InChI is InChI=1S/C16H22Cl2N2O/c1-16(2)6-4-11(5-7-16)20(3)15(21)10-8-12(17)14(19)13(18)9-10/h8-9,11H,4-7,19H2,1-3H3. The minimum absolute atomic E-state index is 0.0523. The highest BCUT2D eigenvalue weighted by atomic mass is 35.5. The highest BCUT2D eigenvalue weighted by molar-refractivity contribution is 6.39. The van der Waals surface area contributed by atoms with Gasteiger partial charge in [-0.05, 0) is 43.2 Å². The number of halogens is 2. The summed E-state index contributed by atoms with van der Waals surface area (Å²) in [6.45, 7) is 4.56. The summed E-state index contributed by atoms with van der Waals surface area (Å²) in [5, 5.41) is 0.646. The number of nitrogens with zero attached hydrogens (tertiary/aromatic N) is 1. The van der Waals surface area contributed by atoms with Gasteiger partial charge in [-0.25, -0.2) is 0 Å². The second kappa shape index (κ2) is 6.05. The molecule has 1 aromatic rings. The fraction of sp³-hybridized carbons (Fsp3) is 0.562. The highest BCUT2D eigenvalue weighted by Gasteiger charge is 2.31. The SMILES string of the molecule is CN(C(=O)c1cc(Cl)c(N)c(Cl)c1)C1CCC(C)(C)CC1. The number of anilines is 1. The maximum absolute atomic E-state index is 12.6. The number of carbonyl (C=O) groups excluding carboxylic acids is 1. The monoisotopic (exact) mass is 328 g/mol. The number of amides is 1. The Morgan fingerprint density at radius 3 is 2.19 bits per heavy atom. The molecular weight excluding hydrogens is 307 g/mol. The third-order valence-corrected chi connectivity index (χ3v) is 5.13. The minimum Gasteiger partial charge on any atom is -0.396 e. The van der Waals surface area contributed by atoms with Crippen LogP contribution in [0.2, 0.25) is 10.0 Å². The molecule has 0 aliphatic heterocycles. The first kappa shape index (κ1) is 16.4. The lowest BCUT2D eigenvalue weighted by Gasteiger charge is -2.38. The first-order valence-electron chi connectivity index (χ1n) is 7.23. The fourth-order valence-corrected chi connectivity index (χ4v) is 3.34. The lowest BCUT2D eigenvalue weighted by Crippen LogP contribution is -2.40. The zero-order valence-corrected chi connectivity index (χ0v) is 14.3. The molecular formula is C16H22Cl2N2O. The van der Waals surface area contributed by atoms with Crippen LogP contribution in [0.4, 0.5) is 5.69 Å². The quantitative estimate of drug-likeness (QED) is 0.805. The number of hydrogen-bond acceptors (Lipinski definition) is 2. The molecule has 21 heavy (non-hydrogen) atoms. The van der Waals surface area contributed by atoms with Gasteiger partial charge in [0, 0.05) is 18.7 Å². The fourth-order valence-electron chi connectivity index (χ4n) is 2.85. The van der Waals surface area contributed by atoms with Crippen LogP contribution >= 0.6 is 23.2 Å². The molecule has 0 radical (unpaired) electrons. The number of rotatable bonds is 2. The van der Waals surface area contributed by atoms with Crippen molar-refractivity contribution in [1.29, 1.82) is 0 Å². The summed E-state index contributed by atoms with van der Waals surface area (Å²) in [7, 11) is 1.85. The van der Waals surface area contributed by atoms with Crippen LogP contribution in [-0.2, 0) is 0 Å². The van der Waals surface area contributed by atoms with E-state index in [9.17, 15) is 4.79 Å². The zero-order valence-electron chi connectivity index (χ0n) is 12.7. The van der Waals surface area contributed by atoms with E-state index in [0.29, 0.717) is 26.7 Å². The van der Waals surface area contributed by atoms with Gasteiger partial charge in [-0.15, -0.1) is 0 Å². The summed E-state index contributed by atoms with van der Waals surface area (Å²) in [5.41, 5.74) is 6.90. The van der Waals surface area contributed by atoms with Gasteiger partial charge in [0.05, 0.1) is 15.7 Å². The van der Waals surface area contributed by atoms with Crippen molar-refractivity contribution >= 4 is 34.8 Å². The van der Waals surface area contributed by atoms with Crippen LogP contribution in [0.3, 0.4) is 0 Å². The summed E-state index contributed by atoms with van der Waals surface area (Å²) in [6, 6.07) is 3.46. The van der Waals surface area contributed by atoms with E-state index in [-0.39, 0.29) is 11.9 Å². The maximum atomic E-state index is 12.6. The number of nitrogens with two attached hydrogens (primary N) is 1. The van der Waals surface area contributed by atoms with Gasteiger partial charge in [0.1, 0.15) is 0 Å².